The molecule has 0 radical (unpaired) electrons. The van der Waals surface area contributed by atoms with Crippen LogP contribution in [0.4, 0.5) is 17.1 Å². The summed E-state index contributed by atoms with van der Waals surface area (Å²) >= 11 is 0. The average molecular weight is 752 g/mol. The van der Waals surface area contributed by atoms with Crippen LogP contribution in [0.2, 0.25) is 0 Å². The third kappa shape index (κ3) is 5.06. The fraction of sp³-hybridized carbons (Fsp3) is 0.0175. The molecule has 12 rings (SSSR count). The molecule has 11 aromatic rings. The molecule has 10 aromatic carbocycles. The van der Waals surface area contributed by atoms with Crippen molar-refractivity contribution in [2.45, 2.75) is 5.41 Å². The largest absolute Gasteiger partial charge is 0.456 e. The van der Waals surface area contributed by atoms with Crippen LogP contribution in [0.3, 0.4) is 0 Å². The van der Waals surface area contributed by atoms with E-state index in [1.165, 1.54) is 54.9 Å². The molecule has 0 N–H and O–H groups in total. The number of furan rings is 1. The molecule has 0 amide bonds. The summed E-state index contributed by atoms with van der Waals surface area (Å²) in [5, 5.41) is 7.16. The summed E-state index contributed by atoms with van der Waals surface area (Å²) in [5.41, 5.74) is 14.6. The van der Waals surface area contributed by atoms with Crippen molar-refractivity contribution in [3.05, 3.63) is 247 Å². The summed E-state index contributed by atoms with van der Waals surface area (Å²) in [4.78, 5) is 2.47. The highest BCUT2D eigenvalue weighted by atomic mass is 16.3. The van der Waals surface area contributed by atoms with E-state index in [1.54, 1.807) is 0 Å². The summed E-state index contributed by atoms with van der Waals surface area (Å²) in [6.45, 7) is 0. The molecule has 1 aliphatic rings. The molecule has 0 atom stereocenters. The highest BCUT2D eigenvalue weighted by Gasteiger charge is 2.46. The van der Waals surface area contributed by atoms with Gasteiger partial charge < -0.3 is 9.32 Å². The number of hydrogen-bond acceptors (Lipinski definition) is 2. The Labute approximate surface area is 342 Å². The number of anilines is 3. The quantitative estimate of drug-likeness (QED) is 0.157. The van der Waals surface area contributed by atoms with E-state index >= 15 is 0 Å². The first-order chi connectivity index (χ1) is 29.3. The minimum absolute atomic E-state index is 0.513. The highest BCUT2D eigenvalue weighted by Crippen LogP contribution is 2.57. The molecule has 0 unspecified atom stereocenters. The molecule has 0 saturated carbocycles. The van der Waals surface area contributed by atoms with Crippen molar-refractivity contribution in [2.24, 2.45) is 0 Å². The van der Waals surface area contributed by atoms with Crippen LogP contribution < -0.4 is 4.90 Å². The zero-order chi connectivity index (χ0) is 38.9. The van der Waals surface area contributed by atoms with Crippen molar-refractivity contribution >= 4 is 60.5 Å². The number of rotatable bonds is 6. The summed E-state index contributed by atoms with van der Waals surface area (Å²) in [5.74, 6) is 0. The van der Waals surface area contributed by atoms with E-state index in [9.17, 15) is 0 Å². The van der Waals surface area contributed by atoms with Crippen molar-refractivity contribution < 1.29 is 4.42 Å². The van der Waals surface area contributed by atoms with E-state index in [0.717, 1.165) is 50.1 Å². The van der Waals surface area contributed by atoms with Gasteiger partial charge in [-0.3, -0.25) is 0 Å². The van der Waals surface area contributed by atoms with Crippen LogP contribution in [0.5, 0.6) is 0 Å². The first-order valence-corrected chi connectivity index (χ1v) is 20.3. The first kappa shape index (κ1) is 33.5. The van der Waals surface area contributed by atoms with E-state index in [4.69, 9.17) is 4.42 Å². The lowest BCUT2D eigenvalue weighted by Gasteiger charge is -2.35. The maximum absolute atomic E-state index is 6.17. The molecule has 0 saturated heterocycles. The van der Waals surface area contributed by atoms with Crippen molar-refractivity contribution in [1.29, 1.82) is 0 Å². The lowest BCUT2D eigenvalue weighted by Crippen LogP contribution is -2.28. The SMILES string of the molecule is c1ccc(C2(c3ccccc3)c3ccccc3-c3ccc(N(c4ccc(-c5ccc6oc7ccccc7c6c5)cc4)c4cc5ccccc5c5ccccc45)cc32)cc1. The predicted molar refractivity (Wildman–Crippen MR) is 246 cm³/mol. The molecule has 0 fully saturated rings. The van der Waals surface area contributed by atoms with Gasteiger partial charge >= 0.3 is 0 Å². The van der Waals surface area contributed by atoms with Crippen molar-refractivity contribution in [3.63, 3.8) is 0 Å². The van der Waals surface area contributed by atoms with Gasteiger partial charge in [0, 0.05) is 27.5 Å². The van der Waals surface area contributed by atoms with Crippen LogP contribution in [0.15, 0.2) is 229 Å². The molecule has 2 heteroatoms. The van der Waals surface area contributed by atoms with Crippen LogP contribution in [0, 0.1) is 0 Å². The number of fused-ring (bicyclic) bond motifs is 9. The van der Waals surface area contributed by atoms with Crippen LogP contribution in [-0.4, -0.2) is 0 Å². The molecule has 0 bridgehead atoms. The summed E-state index contributed by atoms with van der Waals surface area (Å²) < 4.78 is 6.17. The lowest BCUT2D eigenvalue weighted by atomic mass is 9.67. The van der Waals surface area contributed by atoms with Gasteiger partial charge in [-0.05, 0) is 109 Å². The number of para-hydroxylation sites is 1. The van der Waals surface area contributed by atoms with Gasteiger partial charge in [-0.25, -0.2) is 0 Å². The van der Waals surface area contributed by atoms with Gasteiger partial charge in [-0.15, -0.1) is 0 Å². The number of hydrogen-bond donors (Lipinski definition) is 0. The molecular weight excluding hydrogens is 715 g/mol. The Hall–Kier alpha value is -7.68. The van der Waals surface area contributed by atoms with E-state index in [-0.39, 0.29) is 0 Å². The van der Waals surface area contributed by atoms with Gasteiger partial charge in [0.15, 0.2) is 0 Å². The number of nitrogens with zero attached hydrogens (tertiary/aromatic N) is 1. The second-order valence-electron chi connectivity index (χ2n) is 15.6. The van der Waals surface area contributed by atoms with Crippen LogP contribution in [0.25, 0.3) is 65.7 Å². The second kappa shape index (κ2) is 13.2. The molecule has 0 aliphatic heterocycles. The normalized spacial score (nSPS) is 12.9. The van der Waals surface area contributed by atoms with Gasteiger partial charge in [-0.2, -0.15) is 0 Å². The molecular formula is C57H37NO. The smallest absolute Gasteiger partial charge is 0.135 e. The predicted octanol–water partition coefficient (Wildman–Crippen LogP) is 15.4. The molecule has 276 valence electrons. The zero-order valence-electron chi connectivity index (χ0n) is 32.2. The fourth-order valence-corrected chi connectivity index (χ4v) is 9.93. The Bertz CT molecular complexity index is 3340. The maximum Gasteiger partial charge on any atom is 0.135 e. The standard InChI is InChI=1S/C57H37NO/c1-3-16-41(17-4-1)57(42-18-5-2-6-19-42)52-25-13-11-22-47(52)48-33-32-44(37-53(48)57)58(54-36-40-15-7-8-20-45(40)46-21-9-10-23-49(46)54)43-30-27-38(28-31-43)39-29-34-56-51(35-39)50-24-12-14-26-55(50)59-56/h1-37H. The summed E-state index contributed by atoms with van der Waals surface area (Å²) in [6.07, 6.45) is 0. The fourth-order valence-electron chi connectivity index (χ4n) is 9.93. The number of benzene rings is 10. The van der Waals surface area contributed by atoms with Crippen LogP contribution in [0.1, 0.15) is 22.3 Å². The monoisotopic (exact) mass is 751 g/mol. The lowest BCUT2D eigenvalue weighted by molar-refractivity contribution is 0.669. The Morgan fingerprint density at radius 2 is 0.915 bits per heavy atom. The molecule has 2 nitrogen and oxygen atoms in total. The Kier molecular flexibility index (Phi) is 7.48. The van der Waals surface area contributed by atoms with Crippen molar-refractivity contribution in [3.8, 4) is 22.3 Å². The minimum atomic E-state index is -0.513. The van der Waals surface area contributed by atoms with E-state index in [0.29, 0.717) is 0 Å². The van der Waals surface area contributed by atoms with Crippen LogP contribution >= 0.6 is 0 Å². The van der Waals surface area contributed by atoms with Gasteiger partial charge in [0.25, 0.3) is 0 Å². The molecule has 1 aliphatic carbocycles. The third-order valence-corrected chi connectivity index (χ3v) is 12.5. The van der Waals surface area contributed by atoms with E-state index in [1.807, 2.05) is 12.1 Å². The Balaban J connectivity index is 1.10. The van der Waals surface area contributed by atoms with Gasteiger partial charge in [0.1, 0.15) is 11.2 Å². The van der Waals surface area contributed by atoms with E-state index in [2.05, 4.69) is 217 Å². The Morgan fingerprint density at radius 3 is 1.69 bits per heavy atom. The van der Waals surface area contributed by atoms with Crippen LogP contribution in [-0.2, 0) is 5.41 Å². The molecule has 59 heavy (non-hydrogen) atoms. The highest BCUT2D eigenvalue weighted by molar-refractivity contribution is 6.15. The first-order valence-electron chi connectivity index (χ1n) is 20.3. The minimum Gasteiger partial charge on any atom is -0.456 e. The third-order valence-electron chi connectivity index (χ3n) is 12.5. The van der Waals surface area contributed by atoms with Gasteiger partial charge in [0.05, 0.1) is 11.1 Å². The molecule has 1 aromatic heterocycles. The van der Waals surface area contributed by atoms with Gasteiger partial charge in [0.2, 0.25) is 0 Å². The average Bonchev–Trinajstić information content (AvgIpc) is 3.83. The summed E-state index contributed by atoms with van der Waals surface area (Å²) in [6, 6.07) is 82.0. The zero-order valence-corrected chi connectivity index (χ0v) is 32.2. The summed E-state index contributed by atoms with van der Waals surface area (Å²) in [7, 11) is 0. The van der Waals surface area contributed by atoms with Crippen molar-refractivity contribution in [1.82, 2.24) is 0 Å². The molecule has 1 heterocycles. The van der Waals surface area contributed by atoms with E-state index < -0.39 is 5.41 Å². The van der Waals surface area contributed by atoms with Gasteiger partial charge in [-0.1, -0.05) is 176 Å². The molecule has 0 spiro atoms. The van der Waals surface area contributed by atoms with Crippen molar-refractivity contribution in [2.75, 3.05) is 4.90 Å². The second-order valence-corrected chi connectivity index (χ2v) is 15.6. The maximum atomic E-state index is 6.17. The topological polar surface area (TPSA) is 16.4 Å². The Morgan fingerprint density at radius 1 is 0.339 bits per heavy atom.